The van der Waals surface area contributed by atoms with Crippen LogP contribution in [-0.4, -0.2) is 24.5 Å². The van der Waals surface area contributed by atoms with Crippen LogP contribution in [0.5, 0.6) is 0 Å². The number of anilines is 1. The summed E-state index contributed by atoms with van der Waals surface area (Å²) in [4.78, 5) is 15.8. The second-order valence-corrected chi connectivity index (χ2v) is 4.39. The molecule has 0 spiro atoms. The summed E-state index contributed by atoms with van der Waals surface area (Å²) in [5.74, 6) is 0.213. The first-order chi connectivity index (χ1) is 7.13. The molecular weight excluding hydrogens is 212 g/mol. The van der Waals surface area contributed by atoms with Gasteiger partial charge < -0.3 is 10.5 Å². The summed E-state index contributed by atoms with van der Waals surface area (Å²) in [7, 11) is 1.64. The van der Waals surface area contributed by atoms with Crippen molar-refractivity contribution in [2.24, 2.45) is 5.92 Å². The number of methoxy groups -OCH3 is 1. The largest absolute Gasteiger partial charge is 0.385 e. The Balaban J connectivity index is 2.41. The maximum atomic E-state index is 11.7. The van der Waals surface area contributed by atoms with Crippen LogP contribution >= 0.6 is 11.3 Å². The molecule has 0 aromatic carbocycles. The summed E-state index contributed by atoms with van der Waals surface area (Å²) in [5.41, 5.74) is 6.26. The minimum atomic E-state index is 0.0212. The molecule has 0 aliphatic rings. The van der Waals surface area contributed by atoms with Crippen molar-refractivity contribution in [3.05, 3.63) is 11.1 Å². The zero-order valence-electron chi connectivity index (χ0n) is 9.03. The van der Waals surface area contributed by atoms with Crippen LogP contribution in [0, 0.1) is 5.92 Å². The molecule has 1 rings (SSSR count). The number of thiazole rings is 1. The first kappa shape index (κ1) is 12.1. The highest BCUT2D eigenvalue weighted by atomic mass is 32.1. The van der Waals surface area contributed by atoms with Gasteiger partial charge in [0, 0.05) is 31.4 Å². The molecule has 0 saturated carbocycles. The molecule has 0 radical (unpaired) electrons. The van der Waals surface area contributed by atoms with Gasteiger partial charge in [-0.15, -0.1) is 11.3 Å². The highest BCUT2D eigenvalue weighted by Crippen LogP contribution is 2.14. The van der Waals surface area contributed by atoms with Crippen LogP contribution in [0.15, 0.2) is 5.38 Å². The fourth-order valence-corrected chi connectivity index (χ4v) is 1.77. The Kier molecular flexibility index (Phi) is 4.71. The van der Waals surface area contributed by atoms with Gasteiger partial charge in [0.2, 0.25) is 0 Å². The number of ether oxygens (including phenoxy) is 1. The van der Waals surface area contributed by atoms with Gasteiger partial charge in [0.05, 0.1) is 5.69 Å². The molecule has 2 N–H and O–H groups in total. The third-order valence-electron chi connectivity index (χ3n) is 2.23. The lowest BCUT2D eigenvalue weighted by atomic mass is 10.00. The van der Waals surface area contributed by atoms with Crippen LogP contribution in [0.2, 0.25) is 0 Å². The van der Waals surface area contributed by atoms with Crippen LogP contribution in [0.25, 0.3) is 0 Å². The molecule has 4 nitrogen and oxygen atoms in total. The monoisotopic (exact) mass is 228 g/mol. The Morgan fingerprint density at radius 1 is 1.73 bits per heavy atom. The maximum Gasteiger partial charge on any atom is 0.180 e. The van der Waals surface area contributed by atoms with Crippen molar-refractivity contribution in [1.82, 2.24) is 4.98 Å². The molecule has 1 heterocycles. The summed E-state index contributed by atoms with van der Waals surface area (Å²) in [6.45, 7) is 2.53. The number of carbonyl (C=O) groups is 1. The van der Waals surface area contributed by atoms with Crippen molar-refractivity contribution < 1.29 is 9.53 Å². The Morgan fingerprint density at radius 2 is 2.47 bits per heavy atom. The quantitative estimate of drug-likeness (QED) is 0.801. The molecule has 1 aromatic heterocycles. The molecule has 5 heteroatoms. The van der Waals surface area contributed by atoms with Crippen molar-refractivity contribution in [2.45, 2.75) is 19.8 Å². The van der Waals surface area contributed by atoms with E-state index in [9.17, 15) is 4.79 Å². The number of hydrogen-bond donors (Lipinski definition) is 1. The van der Waals surface area contributed by atoms with E-state index < -0.39 is 0 Å². The zero-order chi connectivity index (χ0) is 11.3. The van der Waals surface area contributed by atoms with Crippen LogP contribution in [0.4, 0.5) is 5.13 Å². The number of hydrogen-bond acceptors (Lipinski definition) is 5. The SMILES string of the molecule is COCCC(C)C(=O)Cc1csc(N)n1. The minimum absolute atomic E-state index is 0.0212. The Hall–Kier alpha value is -0.940. The second-order valence-electron chi connectivity index (χ2n) is 3.50. The van der Waals surface area contributed by atoms with Crippen molar-refractivity contribution >= 4 is 22.3 Å². The van der Waals surface area contributed by atoms with Crippen molar-refractivity contribution in [3.8, 4) is 0 Å². The highest BCUT2D eigenvalue weighted by Gasteiger charge is 2.14. The van der Waals surface area contributed by atoms with E-state index in [0.717, 1.165) is 12.1 Å². The van der Waals surface area contributed by atoms with Gasteiger partial charge in [0.1, 0.15) is 5.78 Å². The molecule has 15 heavy (non-hydrogen) atoms. The summed E-state index contributed by atoms with van der Waals surface area (Å²) < 4.78 is 4.93. The maximum absolute atomic E-state index is 11.7. The lowest BCUT2D eigenvalue weighted by molar-refractivity contribution is -0.122. The van der Waals surface area contributed by atoms with Crippen molar-refractivity contribution in [1.29, 1.82) is 0 Å². The first-order valence-corrected chi connectivity index (χ1v) is 5.73. The minimum Gasteiger partial charge on any atom is -0.385 e. The van der Waals surface area contributed by atoms with E-state index in [2.05, 4.69) is 4.98 Å². The van der Waals surface area contributed by atoms with Gasteiger partial charge in [0.25, 0.3) is 0 Å². The first-order valence-electron chi connectivity index (χ1n) is 4.85. The van der Waals surface area contributed by atoms with Gasteiger partial charge in [-0.25, -0.2) is 4.98 Å². The lowest BCUT2D eigenvalue weighted by Gasteiger charge is -2.08. The molecule has 84 valence electrons. The van der Waals surface area contributed by atoms with Crippen molar-refractivity contribution in [3.63, 3.8) is 0 Å². The summed E-state index contributed by atoms with van der Waals surface area (Å²) >= 11 is 1.37. The highest BCUT2D eigenvalue weighted by molar-refractivity contribution is 7.13. The predicted octanol–water partition coefficient (Wildman–Crippen LogP) is 1.51. The standard InChI is InChI=1S/C10H16N2O2S/c1-7(3-4-14-2)9(13)5-8-6-15-10(11)12-8/h6-7H,3-5H2,1-2H3,(H2,11,12). The predicted molar refractivity (Wildman–Crippen MR) is 60.9 cm³/mol. The van der Waals surface area contributed by atoms with E-state index >= 15 is 0 Å². The third-order valence-corrected chi connectivity index (χ3v) is 2.95. The number of nitrogens with zero attached hydrogens (tertiary/aromatic N) is 1. The van der Waals surface area contributed by atoms with E-state index in [0.29, 0.717) is 18.2 Å². The zero-order valence-corrected chi connectivity index (χ0v) is 9.84. The average Bonchev–Trinajstić information content (AvgIpc) is 2.60. The number of rotatable bonds is 6. The molecule has 0 amide bonds. The Bertz CT molecular complexity index is 325. The van der Waals surface area contributed by atoms with Gasteiger partial charge in [0.15, 0.2) is 5.13 Å². The molecule has 1 aromatic rings. The number of carbonyl (C=O) groups excluding carboxylic acids is 1. The normalized spacial score (nSPS) is 12.7. The van der Waals surface area contributed by atoms with Gasteiger partial charge in [-0.05, 0) is 6.42 Å². The second kappa shape index (κ2) is 5.82. The smallest absolute Gasteiger partial charge is 0.180 e. The molecular formula is C10H16N2O2S. The van der Waals surface area contributed by atoms with Crippen LogP contribution in [-0.2, 0) is 16.0 Å². The number of Topliss-reactive ketones (excluding diaryl/α,β-unsaturated/α-hetero) is 1. The number of nitrogens with two attached hydrogens (primary N) is 1. The van der Waals surface area contributed by atoms with Gasteiger partial charge in [-0.3, -0.25) is 4.79 Å². The lowest BCUT2D eigenvalue weighted by Crippen LogP contribution is -2.15. The summed E-state index contributed by atoms with van der Waals surface area (Å²) in [6, 6.07) is 0. The molecule has 0 saturated heterocycles. The van der Waals surface area contributed by atoms with Crippen LogP contribution in [0.1, 0.15) is 19.0 Å². The molecule has 0 bridgehead atoms. The Morgan fingerprint density at radius 3 is 3.00 bits per heavy atom. The van der Waals surface area contributed by atoms with E-state index in [4.69, 9.17) is 10.5 Å². The summed E-state index contributed by atoms with van der Waals surface area (Å²) in [6.07, 6.45) is 1.13. The summed E-state index contributed by atoms with van der Waals surface area (Å²) in [5, 5.41) is 2.35. The molecule has 1 unspecified atom stereocenters. The van der Waals surface area contributed by atoms with Crippen molar-refractivity contribution in [2.75, 3.05) is 19.5 Å². The third kappa shape index (κ3) is 3.97. The Labute approximate surface area is 93.5 Å². The van der Waals surface area contributed by atoms with E-state index in [1.54, 1.807) is 7.11 Å². The van der Waals surface area contributed by atoms with E-state index in [1.165, 1.54) is 11.3 Å². The van der Waals surface area contributed by atoms with E-state index in [-0.39, 0.29) is 11.7 Å². The van der Waals surface area contributed by atoms with Crippen LogP contribution < -0.4 is 5.73 Å². The molecule has 0 aliphatic carbocycles. The number of nitrogen functional groups attached to an aromatic ring is 1. The number of ketones is 1. The van der Waals surface area contributed by atoms with Crippen LogP contribution in [0.3, 0.4) is 0 Å². The fraction of sp³-hybridized carbons (Fsp3) is 0.600. The topological polar surface area (TPSA) is 65.2 Å². The molecule has 0 fully saturated rings. The molecule has 0 aliphatic heterocycles. The number of aromatic nitrogens is 1. The average molecular weight is 228 g/mol. The van der Waals surface area contributed by atoms with E-state index in [1.807, 2.05) is 12.3 Å². The van der Waals surface area contributed by atoms with Gasteiger partial charge >= 0.3 is 0 Å². The fourth-order valence-electron chi connectivity index (χ4n) is 1.21. The van der Waals surface area contributed by atoms with Gasteiger partial charge in [-0.2, -0.15) is 0 Å². The van der Waals surface area contributed by atoms with Gasteiger partial charge in [-0.1, -0.05) is 6.92 Å². The molecule has 1 atom stereocenters.